The molecule has 0 unspecified atom stereocenters. The van der Waals surface area contributed by atoms with E-state index in [2.05, 4.69) is 10.3 Å². The highest BCUT2D eigenvalue weighted by atomic mass is 19.4. The van der Waals surface area contributed by atoms with Crippen LogP contribution in [0.5, 0.6) is 17.2 Å². The molecule has 0 atom stereocenters. The Morgan fingerprint density at radius 1 is 1.03 bits per heavy atom. The fourth-order valence-electron chi connectivity index (χ4n) is 3.12. The number of methoxy groups -OCH3 is 3. The maximum absolute atomic E-state index is 13.3. The van der Waals surface area contributed by atoms with Gasteiger partial charge in [0, 0.05) is 17.8 Å². The molecule has 0 saturated carbocycles. The minimum atomic E-state index is -4.77. The van der Waals surface area contributed by atoms with Gasteiger partial charge in [-0.15, -0.1) is 0 Å². The van der Waals surface area contributed by atoms with Crippen molar-refractivity contribution in [2.75, 3.05) is 33.3 Å². The molecule has 33 heavy (non-hydrogen) atoms. The van der Waals surface area contributed by atoms with Crippen molar-refractivity contribution in [3.8, 4) is 17.2 Å². The highest BCUT2D eigenvalue weighted by Gasteiger charge is 2.38. The van der Waals surface area contributed by atoms with Crippen LogP contribution in [-0.4, -0.2) is 49.4 Å². The van der Waals surface area contributed by atoms with Crippen molar-refractivity contribution < 1.29 is 41.7 Å². The Balaban J connectivity index is 1.68. The summed E-state index contributed by atoms with van der Waals surface area (Å²) in [6.45, 7) is -1.49. The van der Waals surface area contributed by atoms with Crippen LogP contribution in [0, 0.1) is 0 Å². The fraction of sp³-hybridized carbons (Fsp3) is 0.286. The number of aromatic nitrogens is 2. The lowest BCUT2D eigenvalue weighted by Crippen LogP contribution is -2.25. The molecular formula is C21H20F3N3O6. The molecule has 0 fully saturated rings. The first kappa shape index (κ1) is 23.7. The second-order valence-electron chi connectivity index (χ2n) is 6.63. The maximum atomic E-state index is 13.3. The zero-order chi connectivity index (χ0) is 24.2. The van der Waals surface area contributed by atoms with Crippen LogP contribution in [0.3, 0.4) is 0 Å². The number of amides is 1. The van der Waals surface area contributed by atoms with Gasteiger partial charge in [-0.2, -0.15) is 13.2 Å². The van der Waals surface area contributed by atoms with Crippen molar-refractivity contribution in [3.63, 3.8) is 0 Å². The molecule has 0 aliphatic heterocycles. The minimum Gasteiger partial charge on any atom is -0.493 e. The molecule has 9 nitrogen and oxygen atoms in total. The molecule has 0 spiro atoms. The molecule has 12 heteroatoms. The number of hydrogen-bond acceptors (Lipinski definition) is 7. The van der Waals surface area contributed by atoms with Gasteiger partial charge in [0.1, 0.15) is 6.54 Å². The van der Waals surface area contributed by atoms with Crippen LogP contribution >= 0.6 is 0 Å². The summed E-state index contributed by atoms with van der Waals surface area (Å²) in [5.74, 6) is -2.10. The molecule has 1 amide bonds. The van der Waals surface area contributed by atoms with Gasteiger partial charge in [0.15, 0.2) is 18.1 Å². The normalized spacial score (nSPS) is 11.2. The lowest BCUT2D eigenvalue weighted by Gasteiger charge is -2.15. The van der Waals surface area contributed by atoms with Crippen molar-refractivity contribution in [1.29, 1.82) is 0 Å². The molecule has 3 aromatic rings. The van der Waals surface area contributed by atoms with Gasteiger partial charge >= 0.3 is 12.1 Å². The SMILES string of the molecule is COc1cc(NC(=O)COC(=O)Cn2c(C(F)(F)F)nc3ccccc32)cc(OC)c1OC. The standard InChI is InChI=1S/C21H20F3N3O6/c1-30-15-8-12(9-16(31-2)19(15)32-3)25-17(28)11-33-18(29)10-27-14-7-5-4-6-13(14)26-20(27)21(22,23)24/h4-9H,10-11H2,1-3H3,(H,25,28). The van der Waals surface area contributed by atoms with Crippen LogP contribution in [0.2, 0.25) is 0 Å². The van der Waals surface area contributed by atoms with E-state index < -0.39 is 37.0 Å². The van der Waals surface area contributed by atoms with E-state index in [0.29, 0.717) is 10.3 Å². The Hall–Kier alpha value is -3.96. The Labute approximate surface area is 186 Å². The molecule has 0 saturated heterocycles. The Bertz CT molecular complexity index is 1150. The number of rotatable bonds is 8. The van der Waals surface area contributed by atoms with E-state index >= 15 is 0 Å². The van der Waals surface area contributed by atoms with E-state index in [0.717, 1.165) is 0 Å². The van der Waals surface area contributed by atoms with Crippen molar-refractivity contribution in [3.05, 3.63) is 42.2 Å². The van der Waals surface area contributed by atoms with Crippen LogP contribution < -0.4 is 19.5 Å². The van der Waals surface area contributed by atoms with E-state index in [1.165, 1.54) is 57.7 Å². The van der Waals surface area contributed by atoms with Gasteiger partial charge in [0.25, 0.3) is 5.91 Å². The summed E-state index contributed by atoms with van der Waals surface area (Å²) in [5, 5.41) is 2.49. The fourth-order valence-corrected chi connectivity index (χ4v) is 3.12. The molecule has 0 radical (unpaired) electrons. The van der Waals surface area contributed by atoms with Gasteiger partial charge in [-0.05, 0) is 12.1 Å². The third kappa shape index (κ3) is 5.27. The first-order valence-electron chi connectivity index (χ1n) is 9.45. The van der Waals surface area contributed by atoms with Crippen LogP contribution in [-0.2, 0) is 27.0 Å². The number of alkyl halides is 3. The summed E-state index contributed by atoms with van der Waals surface area (Å²) in [7, 11) is 4.23. The summed E-state index contributed by atoms with van der Waals surface area (Å²) in [6.07, 6.45) is -4.77. The Morgan fingerprint density at radius 3 is 2.24 bits per heavy atom. The van der Waals surface area contributed by atoms with Gasteiger partial charge < -0.3 is 28.8 Å². The lowest BCUT2D eigenvalue weighted by atomic mass is 10.2. The molecule has 0 bridgehead atoms. The number of halogens is 3. The Kier molecular flexibility index (Phi) is 6.95. The summed E-state index contributed by atoms with van der Waals surface area (Å²) in [6, 6.07) is 8.80. The number of imidazole rings is 1. The number of fused-ring (bicyclic) bond motifs is 1. The molecule has 0 aliphatic rings. The minimum absolute atomic E-state index is 0.0813. The van der Waals surface area contributed by atoms with Crippen LogP contribution in [0.25, 0.3) is 11.0 Å². The summed E-state index contributed by atoms with van der Waals surface area (Å²) in [5.41, 5.74) is 0.465. The monoisotopic (exact) mass is 467 g/mol. The van der Waals surface area contributed by atoms with Crippen LogP contribution in [0.4, 0.5) is 18.9 Å². The molecule has 1 aromatic heterocycles. The first-order chi connectivity index (χ1) is 15.7. The zero-order valence-electron chi connectivity index (χ0n) is 17.9. The first-order valence-corrected chi connectivity index (χ1v) is 9.45. The molecule has 0 aliphatic carbocycles. The third-order valence-corrected chi connectivity index (χ3v) is 4.51. The Morgan fingerprint density at radius 2 is 1.67 bits per heavy atom. The van der Waals surface area contributed by atoms with E-state index in [-0.39, 0.29) is 28.2 Å². The molecular weight excluding hydrogens is 447 g/mol. The lowest BCUT2D eigenvalue weighted by molar-refractivity contribution is -0.152. The highest BCUT2D eigenvalue weighted by Crippen LogP contribution is 2.40. The average Bonchev–Trinajstić information content (AvgIpc) is 3.16. The zero-order valence-corrected chi connectivity index (χ0v) is 17.9. The average molecular weight is 467 g/mol. The topological polar surface area (TPSA) is 101 Å². The largest absolute Gasteiger partial charge is 0.493 e. The predicted molar refractivity (Wildman–Crippen MR) is 110 cm³/mol. The molecule has 1 N–H and O–H groups in total. The second-order valence-corrected chi connectivity index (χ2v) is 6.63. The smallest absolute Gasteiger partial charge is 0.449 e. The van der Waals surface area contributed by atoms with Gasteiger partial charge in [-0.1, -0.05) is 12.1 Å². The van der Waals surface area contributed by atoms with Crippen molar-refractivity contribution in [2.24, 2.45) is 0 Å². The highest BCUT2D eigenvalue weighted by molar-refractivity contribution is 5.93. The van der Waals surface area contributed by atoms with Gasteiger partial charge in [0.05, 0.1) is 32.4 Å². The number of ether oxygens (including phenoxy) is 4. The number of hydrogen-bond donors (Lipinski definition) is 1. The van der Waals surface area contributed by atoms with Crippen LogP contribution in [0.15, 0.2) is 36.4 Å². The number of anilines is 1. The number of benzene rings is 2. The number of nitrogens with one attached hydrogen (secondary N) is 1. The van der Waals surface area contributed by atoms with E-state index in [4.69, 9.17) is 18.9 Å². The number of esters is 1. The summed E-state index contributed by atoms with van der Waals surface area (Å²) >= 11 is 0. The van der Waals surface area contributed by atoms with Crippen LogP contribution in [0.1, 0.15) is 5.82 Å². The van der Waals surface area contributed by atoms with Crippen molar-refractivity contribution in [2.45, 2.75) is 12.7 Å². The van der Waals surface area contributed by atoms with E-state index in [9.17, 15) is 22.8 Å². The maximum Gasteiger partial charge on any atom is 0.449 e. The number of carbonyl (C=O) groups is 2. The molecule has 3 rings (SSSR count). The molecule has 1 heterocycles. The number of nitrogens with zero attached hydrogens (tertiary/aromatic N) is 2. The summed E-state index contributed by atoms with van der Waals surface area (Å²) in [4.78, 5) is 28.0. The van der Waals surface area contributed by atoms with Gasteiger partial charge in [0.2, 0.25) is 11.6 Å². The number of para-hydroxylation sites is 2. The predicted octanol–water partition coefficient (Wildman–Crippen LogP) is 3.26. The quantitative estimate of drug-likeness (QED) is 0.508. The molecule has 2 aromatic carbocycles. The third-order valence-electron chi connectivity index (χ3n) is 4.51. The number of carbonyl (C=O) groups excluding carboxylic acids is 2. The second kappa shape index (κ2) is 9.67. The van der Waals surface area contributed by atoms with Crippen molar-refractivity contribution >= 4 is 28.6 Å². The van der Waals surface area contributed by atoms with Crippen molar-refractivity contribution in [1.82, 2.24) is 9.55 Å². The molecule has 176 valence electrons. The summed E-state index contributed by atoms with van der Waals surface area (Å²) < 4.78 is 61.2. The van der Waals surface area contributed by atoms with Gasteiger partial charge in [-0.25, -0.2) is 4.98 Å². The van der Waals surface area contributed by atoms with E-state index in [1.807, 2.05) is 0 Å². The van der Waals surface area contributed by atoms with Gasteiger partial charge in [-0.3, -0.25) is 9.59 Å². The van der Waals surface area contributed by atoms with E-state index in [1.54, 1.807) is 0 Å².